The van der Waals surface area contributed by atoms with Gasteiger partial charge in [-0.05, 0) is 12.8 Å². The Morgan fingerprint density at radius 2 is 1.62 bits per heavy atom. The maximum absolute atomic E-state index is 3.49. The molecule has 3 heteroatoms. The molecule has 0 aliphatic heterocycles. The molecule has 0 bridgehead atoms. The summed E-state index contributed by atoms with van der Waals surface area (Å²) < 4.78 is 1.16. The minimum absolute atomic E-state index is 0. The first-order valence-corrected chi connectivity index (χ1v) is 6.12. The first kappa shape index (κ1) is 16.2. The van der Waals surface area contributed by atoms with E-state index in [1.54, 1.807) is 0 Å². The lowest BCUT2D eigenvalue weighted by atomic mass is 10.2. The van der Waals surface area contributed by atoms with E-state index >= 15 is 0 Å². The Bertz CT molecular complexity index is 107. The minimum atomic E-state index is 0. The van der Waals surface area contributed by atoms with E-state index in [0.717, 1.165) is 9.81 Å². The Morgan fingerprint density at radius 1 is 1.00 bits per heavy atom. The number of halogens is 2. The molecule has 0 atom stereocenters. The van der Waals surface area contributed by atoms with Crippen molar-refractivity contribution in [1.82, 2.24) is 0 Å². The summed E-state index contributed by atoms with van der Waals surface area (Å²) in [5.74, 6) is 0. The van der Waals surface area contributed by atoms with E-state index in [0.29, 0.717) is 0 Å². The van der Waals surface area contributed by atoms with Crippen molar-refractivity contribution < 1.29 is 16.9 Å². The molecule has 0 amide bonds. The maximum Gasteiger partial charge on any atom is 0.0880 e. The molecule has 0 rings (SSSR count). The number of hydrogen-bond acceptors (Lipinski definition) is 0. The zero-order chi connectivity index (χ0) is 9.45. The zero-order valence-corrected chi connectivity index (χ0v) is 11.5. The highest BCUT2D eigenvalue weighted by atomic mass is 79.9. The molecular formula is C10H23BrClN. The second-order valence-corrected chi connectivity index (χ2v) is 4.93. The summed E-state index contributed by atoms with van der Waals surface area (Å²) in [5.41, 5.74) is 0. The Labute approximate surface area is 98.0 Å². The molecule has 0 aromatic rings. The SMILES string of the molecule is CCCCCC[N+](C)(C)CCBr.[Cl-]. The molecule has 0 unspecified atom stereocenters. The van der Waals surface area contributed by atoms with Crippen LogP contribution in [0.2, 0.25) is 0 Å². The van der Waals surface area contributed by atoms with Crippen molar-refractivity contribution in [1.29, 1.82) is 0 Å². The Kier molecular flexibility index (Phi) is 11.6. The molecule has 0 fully saturated rings. The van der Waals surface area contributed by atoms with E-state index < -0.39 is 0 Å². The van der Waals surface area contributed by atoms with Gasteiger partial charge in [0.25, 0.3) is 0 Å². The number of unbranched alkanes of at least 4 members (excludes halogenated alkanes) is 3. The lowest BCUT2D eigenvalue weighted by Crippen LogP contribution is -3.00. The van der Waals surface area contributed by atoms with Crippen molar-refractivity contribution in [2.75, 3.05) is 32.5 Å². The van der Waals surface area contributed by atoms with Gasteiger partial charge < -0.3 is 16.9 Å². The largest absolute Gasteiger partial charge is 1.00 e. The van der Waals surface area contributed by atoms with Crippen LogP contribution in [-0.4, -0.2) is 37.0 Å². The fraction of sp³-hybridized carbons (Fsp3) is 1.00. The number of hydrogen-bond donors (Lipinski definition) is 0. The van der Waals surface area contributed by atoms with Gasteiger partial charge in [0, 0.05) is 0 Å². The third-order valence-corrected chi connectivity index (χ3v) is 2.66. The van der Waals surface area contributed by atoms with Crippen LogP contribution in [0.5, 0.6) is 0 Å². The monoisotopic (exact) mass is 271 g/mol. The van der Waals surface area contributed by atoms with E-state index in [9.17, 15) is 0 Å². The van der Waals surface area contributed by atoms with Gasteiger partial charge in [0.2, 0.25) is 0 Å². The molecule has 0 saturated heterocycles. The van der Waals surface area contributed by atoms with Crippen molar-refractivity contribution in [3.8, 4) is 0 Å². The third-order valence-electron chi connectivity index (χ3n) is 2.31. The van der Waals surface area contributed by atoms with Gasteiger partial charge in [-0.25, -0.2) is 0 Å². The van der Waals surface area contributed by atoms with E-state index in [1.807, 2.05) is 0 Å². The molecule has 0 saturated carbocycles. The van der Waals surface area contributed by atoms with Crippen LogP contribution in [0.4, 0.5) is 0 Å². The summed E-state index contributed by atoms with van der Waals surface area (Å²) in [5, 5.41) is 1.12. The quantitative estimate of drug-likeness (QED) is 0.349. The summed E-state index contributed by atoms with van der Waals surface area (Å²) in [4.78, 5) is 0. The molecule has 0 aliphatic rings. The van der Waals surface area contributed by atoms with E-state index in [1.165, 1.54) is 38.8 Å². The van der Waals surface area contributed by atoms with Gasteiger partial charge in [0.1, 0.15) is 0 Å². The van der Waals surface area contributed by atoms with Crippen LogP contribution in [0.25, 0.3) is 0 Å². The number of rotatable bonds is 7. The molecule has 0 aromatic carbocycles. The van der Waals surface area contributed by atoms with Crippen molar-refractivity contribution in [2.24, 2.45) is 0 Å². The fourth-order valence-electron chi connectivity index (χ4n) is 1.31. The van der Waals surface area contributed by atoms with Crippen molar-refractivity contribution in [3.05, 3.63) is 0 Å². The van der Waals surface area contributed by atoms with Crippen molar-refractivity contribution in [2.45, 2.75) is 32.6 Å². The normalized spacial score (nSPS) is 11.1. The van der Waals surface area contributed by atoms with E-state index in [-0.39, 0.29) is 12.4 Å². The van der Waals surface area contributed by atoms with E-state index in [2.05, 4.69) is 36.9 Å². The number of alkyl halides is 1. The maximum atomic E-state index is 3.49. The van der Waals surface area contributed by atoms with E-state index in [4.69, 9.17) is 0 Å². The van der Waals surface area contributed by atoms with Gasteiger partial charge in [-0.3, -0.25) is 0 Å². The van der Waals surface area contributed by atoms with Crippen molar-refractivity contribution in [3.63, 3.8) is 0 Å². The average Bonchev–Trinajstić information content (AvgIpc) is 1.98. The fourth-order valence-corrected chi connectivity index (χ4v) is 2.27. The Balaban J connectivity index is 0. The predicted octanol–water partition coefficient (Wildman–Crippen LogP) is 0.0420. The second kappa shape index (κ2) is 9.29. The Morgan fingerprint density at radius 3 is 2.08 bits per heavy atom. The zero-order valence-electron chi connectivity index (χ0n) is 9.15. The Hall–Kier alpha value is 0.730. The molecular weight excluding hydrogens is 249 g/mol. The van der Waals surface area contributed by atoms with Crippen molar-refractivity contribution >= 4 is 15.9 Å². The third kappa shape index (κ3) is 10.7. The molecule has 0 aromatic heterocycles. The number of nitrogens with zero attached hydrogens (tertiary/aromatic N) is 1. The first-order valence-electron chi connectivity index (χ1n) is 5.00. The highest BCUT2D eigenvalue weighted by Crippen LogP contribution is 2.05. The summed E-state index contributed by atoms with van der Waals surface area (Å²) in [7, 11) is 4.63. The van der Waals surface area contributed by atoms with Gasteiger partial charge in [-0.1, -0.05) is 35.7 Å². The summed E-state index contributed by atoms with van der Waals surface area (Å²) in [6.45, 7) is 4.83. The molecule has 0 spiro atoms. The smallest absolute Gasteiger partial charge is 0.0880 e. The topological polar surface area (TPSA) is 0 Å². The molecule has 13 heavy (non-hydrogen) atoms. The summed E-state index contributed by atoms with van der Waals surface area (Å²) in [6, 6.07) is 0. The standard InChI is InChI=1S/C10H23BrN.ClH/c1-4-5-6-7-9-12(2,3)10-8-11;/h4-10H2,1-3H3;1H/q+1;/p-1. The summed E-state index contributed by atoms with van der Waals surface area (Å²) >= 11 is 3.49. The highest BCUT2D eigenvalue weighted by molar-refractivity contribution is 9.09. The minimum Gasteiger partial charge on any atom is -1.00 e. The molecule has 0 heterocycles. The lowest BCUT2D eigenvalue weighted by Gasteiger charge is -2.28. The predicted molar refractivity (Wildman–Crippen MR) is 59.8 cm³/mol. The number of quaternary nitrogens is 1. The molecule has 0 aliphatic carbocycles. The van der Waals surface area contributed by atoms with Crippen LogP contribution < -0.4 is 12.4 Å². The van der Waals surface area contributed by atoms with Crippen LogP contribution in [0, 0.1) is 0 Å². The molecule has 0 N–H and O–H groups in total. The van der Waals surface area contributed by atoms with Crippen LogP contribution >= 0.6 is 15.9 Å². The van der Waals surface area contributed by atoms with Crippen LogP contribution in [0.1, 0.15) is 32.6 Å². The summed E-state index contributed by atoms with van der Waals surface area (Å²) in [6.07, 6.45) is 5.52. The highest BCUT2D eigenvalue weighted by Gasteiger charge is 2.12. The molecule has 1 nitrogen and oxygen atoms in total. The van der Waals surface area contributed by atoms with Gasteiger partial charge in [-0.2, -0.15) is 0 Å². The molecule has 82 valence electrons. The lowest BCUT2D eigenvalue weighted by molar-refractivity contribution is -0.887. The van der Waals surface area contributed by atoms with Gasteiger partial charge in [0.15, 0.2) is 0 Å². The second-order valence-electron chi connectivity index (χ2n) is 4.13. The van der Waals surface area contributed by atoms with Gasteiger partial charge in [-0.15, -0.1) is 0 Å². The average molecular weight is 273 g/mol. The van der Waals surface area contributed by atoms with Gasteiger partial charge >= 0.3 is 0 Å². The first-order chi connectivity index (χ1) is 5.62. The van der Waals surface area contributed by atoms with Crippen LogP contribution in [-0.2, 0) is 0 Å². The molecule has 0 radical (unpaired) electrons. The van der Waals surface area contributed by atoms with Crippen LogP contribution in [0.15, 0.2) is 0 Å². The van der Waals surface area contributed by atoms with Crippen LogP contribution in [0.3, 0.4) is 0 Å². The van der Waals surface area contributed by atoms with Gasteiger partial charge in [0.05, 0.1) is 32.5 Å².